The molecule has 1 aromatic rings. The summed E-state index contributed by atoms with van der Waals surface area (Å²) in [7, 11) is 0. The molecular formula is C14H25Cl2N3. The molecule has 1 heterocycles. The molecule has 0 saturated carbocycles. The molecule has 1 saturated heterocycles. The fourth-order valence-corrected chi connectivity index (χ4v) is 2.61. The molecular weight excluding hydrogens is 281 g/mol. The van der Waals surface area contributed by atoms with Crippen molar-refractivity contribution in [3.05, 3.63) is 29.8 Å². The van der Waals surface area contributed by atoms with Crippen molar-refractivity contribution in [3.8, 4) is 0 Å². The van der Waals surface area contributed by atoms with Crippen molar-refractivity contribution < 1.29 is 0 Å². The molecule has 1 aliphatic rings. The molecule has 0 aliphatic carbocycles. The van der Waals surface area contributed by atoms with Crippen molar-refractivity contribution in [2.24, 2.45) is 11.7 Å². The van der Waals surface area contributed by atoms with E-state index in [4.69, 9.17) is 11.5 Å². The smallest absolute Gasteiger partial charge is 0.0317 e. The molecule has 1 aliphatic heterocycles. The van der Waals surface area contributed by atoms with Crippen LogP contribution in [0.15, 0.2) is 24.3 Å². The summed E-state index contributed by atoms with van der Waals surface area (Å²) in [4.78, 5) is 2.49. The Morgan fingerprint density at radius 1 is 1.37 bits per heavy atom. The Morgan fingerprint density at radius 2 is 2.11 bits per heavy atom. The number of hydrogen-bond donors (Lipinski definition) is 2. The number of rotatable bonds is 3. The Morgan fingerprint density at radius 3 is 2.74 bits per heavy atom. The van der Waals surface area contributed by atoms with Crippen LogP contribution in [-0.4, -0.2) is 24.0 Å². The van der Waals surface area contributed by atoms with Gasteiger partial charge in [-0.1, -0.05) is 12.1 Å². The zero-order valence-corrected chi connectivity index (χ0v) is 13.1. The van der Waals surface area contributed by atoms with E-state index in [2.05, 4.69) is 24.0 Å². The minimum Gasteiger partial charge on any atom is -0.399 e. The SMILES string of the molecule is CC(N)C1CCCN(Cc2cccc(N)c2)C1.Cl.Cl. The first kappa shape index (κ1) is 18.5. The summed E-state index contributed by atoms with van der Waals surface area (Å²) in [6.45, 7) is 5.41. The van der Waals surface area contributed by atoms with E-state index < -0.39 is 0 Å². The van der Waals surface area contributed by atoms with E-state index in [1.54, 1.807) is 0 Å². The molecule has 110 valence electrons. The third kappa shape index (κ3) is 5.57. The van der Waals surface area contributed by atoms with E-state index in [9.17, 15) is 0 Å². The fourth-order valence-electron chi connectivity index (χ4n) is 2.61. The van der Waals surface area contributed by atoms with Gasteiger partial charge in [0.15, 0.2) is 0 Å². The van der Waals surface area contributed by atoms with Gasteiger partial charge in [0.1, 0.15) is 0 Å². The van der Waals surface area contributed by atoms with Gasteiger partial charge in [0, 0.05) is 24.8 Å². The van der Waals surface area contributed by atoms with Crippen LogP contribution in [0, 0.1) is 5.92 Å². The van der Waals surface area contributed by atoms with Gasteiger partial charge in [-0.15, -0.1) is 24.8 Å². The van der Waals surface area contributed by atoms with E-state index in [0.717, 1.165) is 18.8 Å². The van der Waals surface area contributed by atoms with Gasteiger partial charge in [0.25, 0.3) is 0 Å². The molecule has 0 amide bonds. The van der Waals surface area contributed by atoms with Crippen LogP contribution in [0.1, 0.15) is 25.3 Å². The van der Waals surface area contributed by atoms with E-state index in [1.165, 1.54) is 24.9 Å². The highest BCUT2D eigenvalue weighted by Crippen LogP contribution is 2.20. The maximum atomic E-state index is 6.00. The Hall–Kier alpha value is -0.480. The van der Waals surface area contributed by atoms with E-state index in [0.29, 0.717) is 12.0 Å². The number of nitrogens with two attached hydrogens (primary N) is 2. The number of hydrogen-bond acceptors (Lipinski definition) is 3. The topological polar surface area (TPSA) is 55.3 Å². The Kier molecular flexibility index (Phi) is 8.42. The van der Waals surface area contributed by atoms with Gasteiger partial charge >= 0.3 is 0 Å². The lowest BCUT2D eigenvalue weighted by molar-refractivity contribution is 0.154. The lowest BCUT2D eigenvalue weighted by Gasteiger charge is -2.34. The molecule has 0 bridgehead atoms. The Labute approximate surface area is 128 Å². The first-order valence-electron chi connectivity index (χ1n) is 6.47. The van der Waals surface area contributed by atoms with Crippen LogP contribution in [0.4, 0.5) is 5.69 Å². The molecule has 0 spiro atoms. The Balaban J connectivity index is 0.00000162. The van der Waals surface area contributed by atoms with Gasteiger partial charge < -0.3 is 11.5 Å². The average molecular weight is 306 g/mol. The van der Waals surface area contributed by atoms with Crippen molar-refractivity contribution in [2.45, 2.75) is 32.4 Å². The highest BCUT2D eigenvalue weighted by molar-refractivity contribution is 5.85. The molecule has 3 nitrogen and oxygen atoms in total. The predicted octanol–water partition coefficient (Wildman–Crippen LogP) is 2.67. The largest absolute Gasteiger partial charge is 0.399 e. The minimum atomic E-state index is 0. The third-order valence-electron chi connectivity index (χ3n) is 3.64. The summed E-state index contributed by atoms with van der Waals surface area (Å²) in [5.41, 5.74) is 14.0. The molecule has 19 heavy (non-hydrogen) atoms. The van der Waals surface area contributed by atoms with Crippen LogP contribution in [0.5, 0.6) is 0 Å². The molecule has 4 N–H and O–H groups in total. The van der Waals surface area contributed by atoms with Crippen LogP contribution in [0.25, 0.3) is 0 Å². The van der Waals surface area contributed by atoms with Crippen molar-refractivity contribution >= 4 is 30.5 Å². The minimum absolute atomic E-state index is 0. The van der Waals surface area contributed by atoms with E-state index in [1.807, 2.05) is 12.1 Å². The Bertz CT molecular complexity index is 371. The van der Waals surface area contributed by atoms with Gasteiger partial charge in [-0.3, -0.25) is 4.90 Å². The highest BCUT2D eigenvalue weighted by atomic mass is 35.5. The second-order valence-electron chi connectivity index (χ2n) is 5.24. The molecule has 2 unspecified atom stereocenters. The van der Waals surface area contributed by atoms with Gasteiger partial charge in [-0.05, 0) is 49.9 Å². The van der Waals surface area contributed by atoms with Crippen molar-refractivity contribution in [3.63, 3.8) is 0 Å². The van der Waals surface area contributed by atoms with Gasteiger partial charge in [-0.2, -0.15) is 0 Å². The zero-order chi connectivity index (χ0) is 12.3. The number of piperidine rings is 1. The van der Waals surface area contributed by atoms with Crippen LogP contribution >= 0.6 is 24.8 Å². The third-order valence-corrected chi connectivity index (χ3v) is 3.64. The number of anilines is 1. The summed E-state index contributed by atoms with van der Waals surface area (Å²) < 4.78 is 0. The summed E-state index contributed by atoms with van der Waals surface area (Å²) in [6.07, 6.45) is 2.53. The van der Waals surface area contributed by atoms with Crippen molar-refractivity contribution in [1.29, 1.82) is 0 Å². The lowest BCUT2D eigenvalue weighted by Crippen LogP contribution is -2.41. The van der Waals surface area contributed by atoms with E-state index >= 15 is 0 Å². The average Bonchev–Trinajstić information content (AvgIpc) is 2.29. The van der Waals surface area contributed by atoms with Gasteiger partial charge in [-0.25, -0.2) is 0 Å². The summed E-state index contributed by atoms with van der Waals surface area (Å²) in [6, 6.07) is 8.47. The van der Waals surface area contributed by atoms with E-state index in [-0.39, 0.29) is 24.8 Å². The maximum absolute atomic E-state index is 6.00. The van der Waals surface area contributed by atoms with Crippen molar-refractivity contribution in [1.82, 2.24) is 4.90 Å². The fraction of sp³-hybridized carbons (Fsp3) is 0.571. The van der Waals surface area contributed by atoms with Crippen molar-refractivity contribution in [2.75, 3.05) is 18.8 Å². The molecule has 1 fully saturated rings. The quantitative estimate of drug-likeness (QED) is 0.844. The standard InChI is InChI=1S/C14H23N3.2ClH/c1-11(15)13-5-3-7-17(10-13)9-12-4-2-6-14(16)8-12;;/h2,4,6,8,11,13H,3,5,7,9-10,15-16H2,1H3;2*1H. The molecule has 1 aromatic carbocycles. The van der Waals surface area contributed by atoms with Crippen LogP contribution in [0.2, 0.25) is 0 Å². The van der Waals surface area contributed by atoms with Gasteiger partial charge in [0.2, 0.25) is 0 Å². The van der Waals surface area contributed by atoms with Crippen LogP contribution in [-0.2, 0) is 6.54 Å². The second-order valence-corrected chi connectivity index (χ2v) is 5.24. The van der Waals surface area contributed by atoms with Gasteiger partial charge in [0.05, 0.1) is 0 Å². The molecule has 0 radical (unpaired) electrons. The maximum Gasteiger partial charge on any atom is 0.0317 e. The first-order chi connectivity index (χ1) is 8.15. The zero-order valence-electron chi connectivity index (χ0n) is 11.4. The number of benzene rings is 1. The number of nitrogen functional groups attached to an aromatic ring is 1. The number of nitrogens with zero attached hydrogens (tertiary/aromatic N) is 1. The number of likely N-dealkylation sites (tertiary alicyclic amines) is 1. The summed E-state index contributed by atoms with van der Waals surface area (Å²) >= 11 is 0. The molecule has 5 heteroatoms. The summed E-state index contributed by atoms with van der Waals surface area (Å²) in [5.74, 6) is 0.643. The predicted molar refractivity (Wildman–Crippen MR) is 87.0 cm³/mol. The van der Waals surface area contributed by atoms with Crippen LogP contribution < -0.4 is 11.5 Å². The normalized spacial score (nSPS) is 21.1. The summed E-state index contributed by atoms with van der Waals surface area (Å²) in [5, 5.41) is 0. The first-order valence-corrected chi connectivity index (χ1v) is 6.47. The number of halogens is 2. The molecule has 0 aromatic heterocycles. The molecule has 2 rings (SSSR count). The lowest BCUT2D eigenvalue weighted by atomic mass is 9.92. The van der Waals surface area contributed by atoms with Crippen LogP contribution in [0.3, 0.4) is 0 Å². The monoisotopic (exact) mass is 305 g/mol. The second kappa shape index (κ2) is 8.64. The molecule has 2 atom stereocenters. The highest BCUT2D eigenvalue weighted by Gasteiger charge is 2.22.